The molecule has 17 heavy (non-hydrogen) atoms. The second-order valence-electron chi connectivity index (χ2n) is 3.81. The molecule has 0 aliphatic heterocycles. The summed E-state index contributed by atoms with van der Waals surface area (Å²) in [5.74, 6) is -0.161. The van der Waals surface area contributed by atoms with Gasteiger partial charge in [0, 0.05) is 12.1 Å². The van der Waals surface area contributed by atoms with Crippen LogP contribution in [0.15, 0.2) is 18.2 Å². The predicted octanol–water partition coefficient (Wildman–Crippen LogP) is -0.0544. The maximum absolute atomic E-state index is 11.7. The van der Waals surface area contributed by atoms with Crippen LogP contribution in [-0.4, -0.2) is 30.1 Å². The van der Waals surface area contributed by atoms with Crippen molar-refractivity contribution in [3.63, 3.8) is 0 Å². The smallest absolute Gasteiger partial charge is 0.327 e. The zero-order valence-corrected chi connectivity index (χ0v) is 9.94. The van der Waals surface area contributed by atoms with Crippen molar-refractivity contribution < 1.29 is 14.9 Å². The quantitative estimate of drug-likeness (QED) is 0.477. The summed E-state index contributed by atoms with van der Waals surface area (Å²) in [5, 5.41) is 20.8. The molecule has 0 aliphatic rings. The lowest BCUT2D eigenvalue weighted by Crippen LogP contribution is -2.27. The predicted molar refractivity (Wildman–Crippen MR) is 67.2 cm³/mol. The highest BCUT2D eigenvalue weighted by molar-refractivity contribution is 6.46. The van der Waals surface area contributed by atoms with Crippen LogP contribution in [0.25, 0.3) is 0 Å². The minimum absolute atomic E-state index is 0.161. The third-order valence-corrected chi connectivity index (χ3v) is 2.53. The first-order valence-corrected chi connectivity index (χ1v) is 5.72. The maximum Gasteiger partial charge on any atom is 0.327 e. The van der Waals surface area contributed by atoms with Crippen molar-refractivity contribution in [2.45, 2.75) is 26.4 Å². The summed E-state index contributed by atoms with van der Waals surface area (Å²) in [6.45, 7) is 2.54. The fourth-order valence-electron chi connectivity index (χ4n) is 1.48. The summed E-state index contributed by atoms with van der Waals surface area (Å²) in [6.07, 6.45) is 1.97. The molecule has 0 fully saturated rings. The van der Waals surface area contributed by atoms with Gasteiger partial charge in [-0.25, -0.2) is 0 Å². The van der Waals surface area contributed by atoms with Crippen molar-refractivity contribution in [1.82, 2.24) is 5.32 Å². The number of carbonyl (C=O) groups is 1. The zero-order valence-electron chi connectivity index (χ0n) is 9.94. The molecular formula is C12H17BNO3. The molecule has 0 spiro atoms. The molecule has 4 nitrogen and oxygen atoms in total. The van der Waals surface area contributed by atoms with E-state index in [-0.39, 0.29) is 12.5 Å². The summed E-state index contributed by atoms with van der Waals surface area (Å²) in [6, 6.07) is 4.84. The van der Waals surface area contributed by atoms with E-state index in [9.17, 15) is 4.79 Å². The average Bonchev–Trinajstić information content (AvgIpc) is 2.38. The Kier molecular flexibility index (Phi) is 5.73. The topological polar surface area (TPSA) is 69.6 Å². The highest BCUT2D eigenvalue weighted by Crippen LogP contribution is 2.02. The van der Waals surface area contributed by atoms with Crippen molar-refractivity contribution >= 4 is 18.9 Å². The molecule has 0 saturated carbocycles. The van der Waals surface area contributed by atoms with Crippen molar-refractivity contribution in [2.24, 2.45) is 0 Å². The first kappa shape index (κ1) is 13.7. The lowest BCUT2D eigenvalue weighted by molar-refractivity contribution is 0.0953. The number of nitrogens with one attached hydrogen (secondary N) is 1. The van der Waals surface area contributed by atoms with E-state index in [4.69, 9.17) is 10.1 Å². The molecule has 1 radical (unpaired) electrons. The highest BCUT2D eigenvalue weighted by atomic mass is 16.3. The van der Waals surface area contributed by atoms with Gasteiger partial charge in [-0.1, -0.05) is 25.5 Å². The van der Waals surface area contributed by atoms with Gasteiger partial charge in [0.25, 0.3) is 5.91 Å². The van der Waals surface area contributed by atoms with E-state index in [0.717, 1.165) is 20.3 Å². The van der Waals surface area contributed by atoms with Crippen LogP contribution in [0.3, 0.4) is 0 Å². The molecule has 0 aliphatic carbocycles. The molecule has 0 atom stereocenters. The van der Waals surface area contributed by atoms with Crippen LogP contribution < -0.4 is 10.8 Å². The molecule has 1 amide bonds. The van der Waals surface area contributed by atoms with Crippen molar-refractivity contribution in [3.8, 4) is 0 Å². The maximum atomic E-state index is 11.7. The molecule has 3 N–H and O–H groups in total. The Morgan fingerprint density at radius 2 is 2.24 bits per heavy atom. The molecule has 91 valence electrons. The second kappa shape index (κ2) is 7.09. The number of rotatable bonds is 6. The number of benzene rings is 1. The van der Waals surface area contributed by atoms with Crippen LogP contribution in [0.1, 0.15) is 35.7 Å². The number of carbonyl (C=O) groups excluding carboxylic acids is 1. The molecule has 0 unspecified atom stereocenters. The summed E-state index contributed by atoms with van der Waals surface area (Å²) in [4.78, 5) is 11.7. The number of unbranched alkanes of at least 4 members (excludes halogenated alkanes) is 1. The molecule has 0 bridgehead atoms. The van der Waals surface area contributed by atoms with Gasteiger partial charge in [-0.15, -0.1) is 0 Å². The first-order chi connectivity index (χ1) is 8.22. The molecule has 5 heteroatoms. The lowest BCUT2D eigenvalue weighted by atomic mass is 9.83. The van der Waals surface area contributed by atoms with Crippen LogP contribution in [-0.2, 0) is 6.61 Å². The first-order valence-electron chi connectivity index (χ1n) is 5.72. The lowest BCUT2D eigenvalue weighted by Gasteiger charge is -2.08. The van der Waals surface area contributed by atoms with Gasteiger partial charge in [-0.2, -0.15) is 0 Å². The van der Waals surface area contributed by atoms with Crippen LogP contribution in [0.2, 0.25) is 0 Å². The van der Waals surface area contributed by atoms with Crippen LogP contribution >= 0.6 is 0 Å². The molecule has 1 rings (SSSR count). The van der Waals surface area contributed by atoms with E-state index in [1.54, 1.807) is 18.2 Å². The van der Waals surface area contributed by atoms with Crippen LogP contribution in [0.4, 0.5) is 0 Å². The Hall–Kier alpha value is -1.33. The van der Waals surface area contributed by atoms with E-state index >= 15 is 0 Å². The Labute approximate surface area is 102 Å². The average molecular weight is 234 g/mol. The standard InChI is InChI=1S/C12H17BNO3/c1-2-3-6-14-12(16)9-4-5-10(8-15)11(7-9)13-17/h4-5,7,15,17H,2-3,6,8H2,1H3,(H,14,16). The fourth-order valence-corrected chi connectivity index (χ4v) is 1.48. The Morgan fingerprint density at radius 1 is 1.47 bits per heavy atom. The molecule has 0 heterocycles. The third kappa shape index (κ3) is 3.87. The number of aliphatic hydroxyl groups is 1. The van der Waals surface area contributed by atoms with Gasteiger partial charge < -0.3 is 15.4 Å². The van der Waals surface area contributed by atoms with Gasteiger partial charge in [0.2, 0.25) is 0 Å². The van der Waals surface area contributed by atoms with Gasteiger partial charge in [0.05, 0.1) is 6.61 Å². The second-order valence-corrected chi connectivity index (χ2v) is 3.81. The number of hydrogen-bond acceptors (Lipinski definition) is 3. The fraction of sp³-hybridized carbons (Fsp3) is 0.417. The summed E-state index contributed by atoms with van der Waals surface area (Å²) >= 11 is 0. The Morgan fingerprint density at radius 3 is 2.82 bits per heavy atom. The van der Waals surface area contributed by atoms with Gasteiger partial charge in [-0.3, -0.25) is 4.79 Å². The monoisotopic (exact) mass is 234 g/mol. The summed E-state index contributed by atoms with van der Waals surface area (Å²) in [5.41, 5.74) is 1.55. The highest BCUT2D eigenvalue weighted by Gasteiger charge is 2.09. The van der Waals surface area contributed by atoms with Crippen LogP contribution in [0, 0.1) is 0 Å². The van der Waals surface area contributed by atoms with E-state index < -0.39 is 0 Å². The molecule has 0 saturated heterocycles. The number of aliphatic hydroxyl groups excluding tert-OH is 1. The van der Waals surface area contributed by atoms with Gasteiger partial charge in [-0.05, 0) is 23.5 Å². The van der Waals surface area contributed by atoms with E-state index in [2.05, 4.69) is 12.2 Å². The van der Waals surface area contributed by atoms with E-state index in [1.165, 1.54) is 0 Å². The summed E-state index contributed by atoms with van der Waals surface area (Å²) < 4.78 is 0. The number of amides is 1. The Balaban J connectivity index is 2.74. The van der Waals surface area contributed by atoms with Gasteiger partial charge >= 0.3 is 7.48 Å². The SMILES string of the molecule is CCCCNC(=O)c1ccc(CO)c([B]O)c1. The molecular weight excluding hydrogens is 217 g/mol. The normalized spacial score (nSPS) is 10.1. The van der Waals surface area contributed by atoms with E-state index in [1.807, 2.05) is 0 Å². The largest absolute Gasteiger partial charge is 0.450 e. The third-order valence-electron chi connectivity index (χ3n) is 2.53. The van der Waals surface area contributed by atoms with Crippen LogP contribution in [0.5, 0.6) is 0 Å². The zero-order chi connectivity index (χ0) is 12.7. The van der Waals surface area contributed by atoms with E-state index in [0.29, 0.717) is 23.1 Å². The van der Waals surface area contributed by atoms with Gasteiger partial charge in [0.15, 0.2) is 0 Å². The Bertz CT molecular complexity index is 382. The molecule has 1 aromatic rings. The summed E-state index contributed by atoms with van der Waals surface area (Å²) in [7, 11) is 0.897. The number of hydrogen-bond donors (Lipinski definition) is 3. The van der Waals surface area contributed by atoms with Gasteiger partial charge in [0.1, 0.15) is 0 Å². The minimum Gasteiger partial charge on any atom is -0.450 e. The van der Waals surface area contributed by atoms with Crippen molar-refractivity contribution in [3.05, 3.63) is 29.3 Å². The van der Waals surface area contributed by atoms with Crippen molar-refractivity contribution in [2.75, 3.05) is 6.54 Å². The molecule has 0 aromatic heterocycles. The minimum atomic E-state index is -0.163. The van der Waals surface area contributed by atoms with Crippen molar-refractivity contribution in [1.29, 1.82) is 0 Å². The molecule has 1 aromatic carbocycles.